The number of nitro groups is 2. The molecule has 1 aliphatic carbocycles. The standard InChI is InChI=1S/C13H15N3O2S.C7H3ClN2O2S/c17-16(18)11-8-14-10-6-7-19-13(10)12(11)15-9-4-2-1-3-5-9;8-6-5(10(11)12)3-9-4-1-2-13-7(4)6/h6-9H,1-5H2,(H,14,15);1-3H. The molecule has 4 aromatic heterocycles. The van der Waals surface area contributed by atoms with Crippen molar-refractivity contribution in [1.29, 1.82) is 0 Å². The fraction of sp³-hybridized carbons (Fsp3) is 0.300. The maximum absolute atomic E-state index is 11.2. The van der Waals surface area contributed by atoms with E-state index in [-0.39, 0.29) is 21.3 Å². The SMILES string of the molecule is O=[N+]([O-])c1cnc2ccsc2c1Cl.O=[N+]([O-])c1cnc2ccsc2c1NC1CCCCC1. The van der Waals surface area contributed by atoms with Crippen LogP contribution in [-0.2, 0) is 0 Å². The fourth-order valence-electron chi connectivity index (χ4n) is 3.63. The van der Waals surface area contributed by atoms with Gasteiger partial charge >= 0.3 is 11.4 Å². The summed E-state index contributed by atoms with van der Waals surface area (Å²) < 4.78 is 1.55. The molecule has 1 aliphatic rings. The second kappa shape index (κ2) is 9.72. The molecule has 0 bridgehead atoms. The van der Waals surface area contributed by atoms with Crippen LogP contribution in [0.4, 0.5) is 17.1 Å². The number of thiophene rings is 2. The van der Waals surface area contributed by atoms with E-state index >= 15 is 0 Å². The van der Waals surface area contributed by atoms with Gasteiger partial charge in [-0.1, -0.05) is 30.9 Å². The molecule has 5 rings (SSSR count). The Labute approximate surface area is 195 Å². The lowest BCUT2D eigenvalue weighted by atomic mass is 9.95. The topological polar surface area (TPSA) is 124 Å². The van der Waals surface area contributed by atoms with E-state index in [2.05, 4.69) is 15.3 Å². The number of aromatic nitrogens is 2. The average Bonchev–Trinajstić information content (AvgIpc) is 3.45. The molecule has 0 aliphatic heterocycles. The highest BCUT2D eigenvalue weighted by Gasteiger charge is 2.22. The van der Waals surface area contributed by atoms with Crippen molar-refractivity contribution < 1.29 is 9.85 Å². The van der Waals surface area contributed by atoms with Crippen LogP contribution in [0, 0.1) is 20.2 Å². The molecule has 9 nitrogen and oxygen atoms in total. The molecule has 0 spiro atoms. The van der Waals surface area contributed by atoms with Gasteiger partial charge < -0.3 is 5.32 Å². The van der Waals surface area contributed by atoms with Gasteiger partial charge in [-0.05, 0) is 35.7 Å². The number of hydrogen-bond acceptors (Lipinski definition) is 9. The average molecular weight is 492 g/mol. The van der Waals surface area contributed by atoms with Crippen molar-refractivity contribution in [1.82, 2.24) is 9.97 Å². The summed E-state index contributed by atoms with van der Waals surface area (Å²) in [6.07, 6.45) is 8.38. The van der Waals surface area contributed by atoms with Crippen LogP contribution in [0.2, 0.25) is 5.02 Å². The van der Waals surface area contributed by atoms with Crippen LogP contribution in [0.5, 0.6) is 0 Å². The zero-order valence-corrected chi connectivity index (χ0v) is 19.1. The molecular formula is C20H18ClN5O4S2. The summed E-state index contributed by atoms with van der Waals surface area (Å²) in [5, 5.41) is 28.9. The molecule has 166 valence electrons. The molecule has 0 unspecified atom stereocenters. The van der Waals surface area contributed by atoms with Gasteiger partial charge in [0.25, 0.3) is 0 Å². The second-order valence-corrected chi connectivity index (χ2v) is 9.45. The zero-order chi connectivity index (χ0) is 22.7. The minimum atomic E-state index is -0.533. The van der Waals surface area contributed by atoms with Gasteiger partial charge in [0.1, 0.15) is 23.1 Å². The van der Waals surface area contributed by atoms with Crippen molar-refractivity contribution in [2.45, 2.75) is 38.1 Å². The molecule has 0 aromatic carbocycles. The normalized spacial score (nSPS) is 14.2. The maximum Gasteiger partial charge on any atom is 0.311 e. The number of rotatable bonds is 4. The summed E-state index contributed by atoms with van der Waals surface area (Å²) >= 11 is 8.66. The highest BCUT2D eigenvalue weighted by atomic mass is 35.5. The summed E-state index contributed by atoms with van der Waals surface area (Å²) in [7, 11) is 0. The van der Waals surface area contributed by atoms with Gasteiger partial charge in [-0.25, -0.2) is 9.97 Å². The van der Waals surface area contributed by atoms with Gasteiger partial charge in [0.2, 0.25) is 0 Å². The highest BCUT2D eigenvalue weighted by Crippen LogP contribution is 2.37. The molecule has 1 N–H and O–H groups in total. The lowest BCUT2D eigenvalue weighted by Crippen LogP contribution is -2.22. The first kappa shape index (κ1) is 22.3. The van der Waals surface area contributed by atoms with Crippen LogP contribution < -0.4 is 5.32 Å². The number of hydrogen-bond donors (Lipinski definition) is 1. The van der Waals surface area contributed by atoms with Gasteiger partial charge in [0, 0.05) is 6.04 Å². The van der Waals surface area contributed by atoms with E-state index in [0.29, 0.717) is 21.9 Å². The first-order valence-electron chi connectivity index (χ1n) is 9.89. The Morgan fingerprint density at radius 3 is 2.09 bits per heavy atom. The maximum atomic E-state index is 11.2. The quantitative estimate of drug-likeness (QED) is 0.245. The molecule has 1 fully saturated rings. The van der Waals surface area contributed by atoms with Gasteiger partial charge in [-0.3, -0.25) is 20.2 Å². The minimum absolute atomic E-state index is 0.0838. The van der Waals surface area contributed by atoms with E-state index in [1.165, 1.54) is 54.3 Å². The largest absolute Gasteiger partial charge is 0.375 e. The zero-order valence-electron chi connectivity index (χ0n) is 16.7. The molecule has 0 amide bonds. The number of nitrogens with one attached hydrogen (secondary N) is 1. The Balaban J connectivity index is 0.000000165. The molecular weight excluding hydrogens is 474 g/mol. The van der Waals surface area contributed by atoms with E-state index in [0.717, 1.165) is 23.1 Å². The summed E-state index contributed by atoms with van der Waals surface area (Å²) in [6.45, 7) is 0. The molecule has 0 saturated heterocycles. The Bertz CT molecular complexity index is 1290. The van der Waals surface area contributed by atoms with Gasteiger partial charge in [-0.15, -0.1) is 22.7 Å². The predicted octanol–water partition coefficient (Wildman–Crippen LogP) is 6.81. The molecule has 32 heavy (non-hydrogen) atoms. The van der Waals surface area contributed by atoms with Crippen LogP contribution >= 0.6 is 34.3 Å². The number of nitrogens with zero attached hydrogens (tertiary/aromatic N) is 4. The molecule has 4 aromatic rings. The minimum Gasteiger partial charge on any atom is -0.375 e. The highest BCUT2D eigenvalue weighted by molar-refractivity contribution is 7.18. The molecule has 0 radical (unpaired) electrons. The Morgan fingerprint density at radius 1 is 0.906 bits per heavy atom. The second-order valence-electron chi connectivity index (χ2n) is 7.24. The van der Waals surface area contributed by atoms with Gasteiger partial charge in [-0.2, -0.15) is 0 Å². The summed E-state index contributed by atoms with van der Waals surface area (Å²) in [5.41, 5.74) is 2.11. The van der Waals surface area contributed by atoms with E-state index in [1.807, 2.05) is 11.4 Å². The van der Waals surface area contributed by atoms with Crippen LogP contribution in [0.15, 0.2) is 35.3 Å². The lowest BCUT2D eigenvalue weighted by Gasteiger charge is -2.23. The lowest BCUT2D eigenvalue weighted by molar-refractivity contribution is -0.384. The van der Waals surface area contributed by atoms with Crippen molar-refractivity contribution in [3.8, 4) is 0 Å². The monoisotopic (exact) mass is 491 g/mol. The number of halogens is 1. The summed E-state index contributed by atoms with van der Waals surface area (Å²) in [6, 6.07) is 4.02. The number of anilines is 1. The van der Waals surface area contributed by atoms with Crippen LogP contribution in [0.3, 0.4) is 0 Å². The van der Waals surface area contributed by atoms with E-state index in [1.54, 1.807) is 11.4 Å². The smallest absolute Gasteiger partial charge is 0.311 e. The molecule has 4 heterocycles. The van der Waals surface area contributed by atoms with Gasteiger partial charge in [0.15, 0.2) is 0 Å². The molecule has 1 saturated carbocycles. The Hall–Kier alpha value is -2.89. The third-order valence-electron chi connectivity index (χ3n) is 5.20. The van der Waals surface area contributed by atoms with Crippen molar-refractivity contribution in [2.75, 3.05) is 5.32 Å². The van der Waals surface area contributed by atoms with E-state index in [4.69, 9.17) is 11.6 Å². The summed E-state index contributed by atoms with van der Waals surface area (Å²) in [5.74, 6) is 0. The molecule has 12 heteroatoms. The summed E-state index contributed by atoms with van der Waals surface area (Å²) in [4.78, 5) is 28.8. The van der Waals surface area contributed by atoms with Crippen LogP contribution in [-0.4, -0.2) is 25.9 Å². The van der Waals surface area contributed by atoms with E-state index < -0.39 is 4.92 Å². The first-order chi connectivity index (χ1) is 15.5. The Kier molecular flexibility index (Phi) is 6.77. The van der Waals surface area contributed by atoms with Gasteiger partial charge in [0.05, 0.1) is 30.3 Å². The number of pyridine rings is 2. The Morgan fingerprint density at radius 2 is 1.47 bits per heavy atom. The molecule has 0 atom stereocenters. The third kappa shape index (κ3) is 4.64. The van der Waals surface area contributed by atoms with Crippen LogP contribution in [0.25, 0.3) is 20.4 Å². The van der Waals surface area contributed by atoms with Crippen molar-refractivity contribution >= 4 is 71.8 Å². The number of fused-ring (bicyclic) bond motifs is 2. The van der Waals surface area contributed by atoms with Crippen molar-refractivity contribution in [3.05, 3.63) is 60.5 Å². The predicted molar refractivity (Wildman–Crippen MR) is 128 cm³/mol. The van der Waals surface area contributed by atoms with Crippen LogP contribution in [0.1, 0.15) is 32.1 Å². The van der Waals surface area contributed by atoms with Crippen molar-refractivity contribution in [3.63, 3.8) is 0 Å². The van der Waals surface area contributed by atoms with Crippen molar-refractivity contribution in [2.24, 2.45) is 0 Å². The third-order valence-corrected chi connectivity index (χ3v) is 7.53. The fourth-order valence-corrected chi connectivity index (χ4v) is 5.62. The van der Waals surface area contributed by atoms with E-state index in [9.17, 15) is 20.2 Å². The first-order valence-corrected chi connectivity index (χ1v) is 12.0.